The minimum Gasteiger partial charge on any atom is -0.295 e. The van der Waals surface area contributed by atoms with E-state index in [0.29, 0.717) is 11.0 Å². The summed E-state index contributed by atoms with van der Waals surface area (Å²) < 4.78 is 40.8. The minimum absolute atomic E-state index is 0.151. The molecule has 0 spiro atoms. The van der Waals surface area contributed by atoms with E-state index in [1.165, 1.54) is 6.07 Å². The van der Waals surface area contributed by atoms with Gasteiger partial charge < -0.3 is 0 Å². The number of nitrogens with one attached hydrogen (secondary N) is 1. The molecule has 0 saturated carbocycles. The average Bonchev–Trinajstić information content (AvgIpc) is 2.81. The molecule has 0 radical (unpaired) electrons. The second-order valence-corrected chi connectivity index (χ2v) is 6.73. The Labute approximate surface area is 143 Å². The Morgan fingerprint density at radius 1 is 1.28 bits per heavy atom. The number of rotatable bonds is 4. The van der Waals surface area contributed by atoms with Crippen LogP contribution >= 0.6 is 0 Å². The quantitative estimate of drug-likeness (QED) is 0.850. The van der Waals surface area contributed by atoms with Gasteiger partial charge in [0.1, 0.15) is 0 Å². The predicted octanol–water partition coefficient (Wildman–Crippen LogP) is 4.92. The fraction of sp³-hybridized carbons (Fsp3) is 0.444. The maximum Gasteiger partial charge on any atom is 0.416 e. The van der Waals surface area contributed by atoms with Crippen LogP contribution in [0.1, 0.15) is 39.2 Å². The van der Waals surface area contributed by atoms with Crippen LogP contribution in [0.4, 0.5) is 19.1 Å². The largest absolute Gasteiger partial charge is 0.416 e. The van der Waals surface area contributed by atoms with Crippen LogP contribution in [0, 0.1) is 11.8 Å². The van der Waals surface area contributed by atoms with Crippen molar-refractivity contribution >= 4 is 28.6 Å². The number of carbonyl (C=O) groups excluding carboxylic acids is 1. The topological polar surface area (TPSA) is 46.9 Å². The number of alkyl halides is 3. The van der Waals surface area contributed by atoms with E-state index < -0.39 is 11.7 Å². The molecule has 1 amide bonds. The molecule has 0 fully saturated rings. The molecule has 0 aliphatic heterocycles. The molecule has 1 aliphatic carbocycles. The zero-order valence-electron chi connectivity index (χ0n) is 14.3. The lowest BCUT2D eigenvalue weighted by Crippen LogP contribution is -2.26. The van der Waals surface area contributed by atoms with Gasteiger partial charge in [-0.3, -0.25) is 14.7 Å². The molecule has 1 aromatic heterocycles. The molecule has 1 N–H and O–H groups in total. The Hall–Kier alpha value is -2.31. The first-order valence-corrected chi connectivity index (χ1v) is 8.28. The normalized spacial score (nSPS) is 15.9. The lowest BCUT2D eigenvalue weighted by Gasteiger charge is -2.21. The van der Waals surface area contributed by atoms with Crippen LogP contribution in [0.3, 0.4) is 0 Å². The summed E-state index contributed by atoms with van der Waals surface area (Å²) in [4.78, 5) is 16.7. The predicted molar refractivity (Wildman–Crippen MR) is 90.9 cm³/mol. The molecule has 25 heavy (non-hydrogen) atoms. The number of imidazole rings is 1. The van der Waals surface area contributed by atoms with Crippen LogP contribution in [-0.4, -0.2) is 15.5 Å². The molecule has 134 valence electrons. The van der Waals surface area contributed by atoms with Gasteiger partial charge in [-0.15, -0.1) is 0 Å². The minimum atomic E-state index is -4.42. The summed E-state index contributed by atoms with van der Waals surface area (Å²) >= 11 is 0. The van der Waals surface area contributed by atoms with E-state index >= 15 is 0 Å². The summed E-state index contributed by atoms with van der Waals surface area (Å²) in [5.41, 5.74) is 0.908. The van der Waals surface area contributed by atoms with Crippen molar-refractivity contribution in [3.63, 3.8) is 0 Å². The van der Waals surface area contributed by atoms with Gasteiger partial charge in [0.2, 0.25) is 11.9 Å². The molecule has 1 aliphatic rings. The number of benzene rings is 1. The molecule has 3 rings (SSSR count). The second-order valence-electron chi connectivity index (χ2n) is 6.73. The third-order valence-electron chi connectivity index (χ3n) is 4.70. The van der Waals surface area contributed by atoms with Gasteiger partial charge in [-0.05, 0) is 37.0 Å². The number of allylic oxidation sites excluding steroid dienone is 2. The molecule has 1 heterocycles. The van der Waals surface area contributed by atoms with Crippen molar-refractivity contribution in [1.29, 1.82) is 0 Å². The number of amides is 1. The fourth-order valence-corrected chi connectivity index (χ4v) is 2.63. The first kappa shape index (κ1) is 17.5. The van der Waals surface area contributed by atoms with Crippen LogP contribution in [0.15, 0.2) is 24.3 Å². The number of fused-ring (bicyclic) bond motifs is 1. The third kappa shape index (κ3) is 3.27. The molecule has 7 heteroatoms. The highest BCUT2D eigenvalue weighted by atomic mass is 19.4. The Kier molecular flexibility index (Phi) is 4.34. The molecule has 0 saturated heterocycles. The molecule has 4 nitrogen and oxygen atoms in total. The van der Waals surface area contributed by atoms with Gasteiger partial charge in [0.05, 0.1) is 16.6 Å². The van der Waals surface area contributed by atoms with Crippen LogP contribution in [0.2, 0.25) is 0 Å². The Bertz CT molecular complexity index is 849. The number of carbonyl (C=O) groups is 1. The van der Waals surface area contributed by atoms with E-state index in [9.17, 15) is 18.0 Å². The third-order valence-corrected chi connectivity index (χ3v) is 4.70. The summed E-state index contributed by atoms with van der Waals surface area (Å²) in [5, 5.41) is 2.78. The highest BCUT2D eigenvalue weighted by Crippen LogP contribution is 2.36. The smallest absolute Gasteiger partial charge is 0.295 e. The van der Waals surface area contributed by atoms with Crippen molar-refractivity contribution in [2.75, 3.05) is 5.32 Å². The van der Waals surface area contributed by atoms with E-state index in [-0.39, 0.29) is 23.7 Å². The molecular weight excluding hydrogens is 331 g/mol. The van der Waals surface area contributed by atoms with Crippen molar-refractivity contribution in [3.05, 3.63) is 29.8 Å². The Morgan fingerprint density at radius 3 is 2.48 bits per heavy atom. The van der Waals surface area contributed by atoms with Crippen LogP contribution in [0.25, 0.3) is 16.7 Å². The second kappa shape index (κ2) is 6.20. The summed E-state index contributed by atoms with van der Waals surface area (Å²) in [6.07, 6.45) is -0.885. The fourth-order valence-electron chi connectivity index (χ4n) is 2.63. The number of hydrogen-bond acceptors (Lipinski definition) is 2. The maximum absolute atomic E-state index is 13.0. The molecule has 1 aromatic carbocycles. The molecule has 1 atom stereocenters. The maximum atomic E-state index is 13.0. The molecular formula is C18H20F3N3O. The van der Waals surface area contributed by atoms with Crippen molar-refractivity contribution in [2.24, 2.45) is 11.8 Å². The average molecular weight is 351 g/mol. The Balaban J connectivity index is 2.08. The van der Waals surface area contributed by atoms with Gasteiger partial charge in [0.25, 0.3) is 0 Å². The number of hydrogen-bond donors (Lipinski definition) is 1. The number of halogens is 3. The van der Waals surface area contributed by atoms with E-state index in [2.05, 4.69) is 10.3 Å². The van der Waals surface area contributed by atoms with Gasteiger partial charge in [0, 0.05) is 11.6 Å². The molecule has 2 aromatic rings. The highest BCUT2D eigenvalue weighted by Gasteiger charge is 2.32. The zero-order valence-corrected chi connectivity index (χ0v) is 14.3. The summed E-state index contributed by atoms with van der Waals surface area (Å²) in [6, 6.07) is 3.44. The summed E-state index contributed by atoms with van der Waals surface area (Å²) in [5.74, 6) is 0.00671. The van der Waals surface area contributed by atoms with Crippen LogP contribution in [-0.2, 0) is 11.0 Å². The van der Waals surface area contributed by atoms with Crippen molar-refractivity contribution in [2.45, 2.75) is 39.8 Å². The monoisotopic (exact) mass is 351 g/mol. The first-order chi connectivity index (χ1) is 11.7. The Morgan fingerprint density at radius 2 is 1.96 bits per heavy atom. The van der Waals surface area contributed by atoms with Gasteiger partial charge in [0.15, 0.2) is 0 Å². The summed E-state index contributed by atoms with van der Waals surface area (Å²) in [6.45, 7) is 5.70. The number of aromatic nitrogens is 2. The van der Waals surface area contributed by atoms with Gasteiger partial charge in [-0.25, -0.2) is 4.98 Å². The molecule has 0 bridgehead atoms. The lowest BCUT2D eigenvalue weighted by molar-refractivity contribution is -0.137. The van der Waals surface area contributed by atoms with E-state index in [1.54, 1.807) is 4.57 Å². The highest BCUT2D eigenvalue weighted by molar-refractivity contribution is 5.94. The van der Waals surface area contributed by atoms with E-state index in [0.717, 1.165) is 30.7 Å². The van der Waals surface area contributed by atoms with Crippen LogP contribution < -0.4 is 5.32 Å². The first-order valence-electron chi connectivity index (χ1n) is 8.28. The molecule has 0 unspecified atom stereocenters. The van der Waals surface area contributed by atoms with Crippen molar-refractivity contribution in [1.82, 2.24) is 9.55 Å². The van der Waals surface area contributed by atoms with Crippen molar-refractivity contribution < 1.29 is 18.0 Å². The van der Waals surface area contributed by atoms with E-state index in [4.69, 9.17) is 0 Å². The van der Waals surface area contributed by atoms with Crippen molar-refractivity contribution in [3.8, 4) is 0 Å². The number of anilines is 1. The lowest BCUT2D eigenvalue weighted by atomic mass is 9.97. The van der Waals surface area contributed by atoms with Gasteiger partial charge in [-0.2, -0.15) is 13.2 Å². The standard InChI is InChI=1S/C18H20F3N3O/c1-10(2)11(3)16(25)23-17-22-14-8-7-12(18(19,20)21)9-15(14)24(17)13-5-4-6-13/h5,7-11H,4,6H2,1-3H3,(H,22,23,25)/t11-/m0/s1. The van der Waals surface area contributed by atoms with Gasteiger partial charge in [-0.1, -0.05) is 26.8 Å². The summed E-state index contributed by atoms with van der Waals surface area (Å²) in [7, 11) is 0. The van der Waals surface area contributed by atoms with Gasteiger partial charge >= 0.3 is 6.18 Å². The van der Waals surface area contributed by atoms with E-state index in [1.807, 2.05) is 26.8 Å². The van der Waals surface area contributed by atoms with Crippen LogP contribution in [0.5, 0.6) is 0 Å². The SMILES string of the molecule is CC(C)[C@H](C)C(=O)Nc1nc2ccc(C(F)(F)F)cc2n1C1=CCC1. The zero-order chi connectivity index (χ0) is 18.4. The number of nitrogens with zero attached hydrogens (tertiary/aromatic N) is 2.